The summed E-state index contributed by atoms with van der Waals surface area (Å²) in [6, 6.07) is 5.49. The Hall–Kier alpha value is -1.95. The zero-order chi connectivity index (χ0) is 14.5. The first kappa shape index (κ1) is 14.5. The van der Waals surface area contributed by atoms with E-state index in [0.29, 0.717) is 23.9 Å². The van der Waals surface area contributed by atoms with Gasteiger partial charge in [0.15, 0.2) is 5.17 Å². The van der Waals surface area contributed by atoms with Gasteiger partial charge in [-0.05, 0) is 43.8 Å². The highest BCUT2D eigenvalue weighted by molar-refractivity contribution is 8.18. The zero-order valence-electron chi connectivity index (χ0n) is 11.4. The summed E-state index contributed by atoms with van der Waals surface area (Å²) >= 11 is 1.11. The minimum absolute atomic E-state index is 0.144. The SMILES string of the molecule is CCOc1ccc(C=C2SC(=N)NC2=O)c(OCC)c1. The van der Waals surface area contributed by atoms with Crippen LogP contribution in [0, 0.1) is 5.41 Å². The van der Waals surface area contributed by atoms with Crippen LogP contribution in [0.2, 0.25) is 0 Å². The number of amidine groups is 1. The van der Waals surface area contributed by atoms with Crippen molar-refractivity contribution in [1.29, 1.82) is 5.41 Å². The summed E-state index contributed by atoms with van der Waals surface area (Å²) in [5, 5.41) is 10.0. The van der Waals surface area contributed by atoms with E-state index in [-0.39, 0.29) is 11.1 Å². The van der Waals surface area contributed by atoms with Gasteiger partial charge < -0.3 is 14.8 Å². The molecule has 2 N–H and O–H groups in total. The fourth-order valence-electron chi connectivity index (χ4n) is 1.75. The molecule has 20 heavy (non-hydrogen) atoms. The lowest BCUT2D eigenvalue weighted by Crippen LogP contribution is -2.18. The van der Waals surface area contributed by atoms with Crippen LogP contribution in [0.15, 0.2) is 23.1 Å². The second-order valence-corrected chi connectivity index (χ2v) is 5.01. The number of carbonyl (C=O) groups is 1. The Balaban J connectivity index is 2.33. The minimum Gasteiger partial charge on any atom is -0.494 e. The van der Waals surface area contributed by atoms with Crippen LogP contribution in [0.5, 0.6) is 11.5 Å². The van der Waals surface area contributed by atoms with Crippen molar-refractivity contribution in [3.8, 4) is 11.5 Å². The van der Waals surface area contributed by atoms with Gasteiger partial charge in [0.2, 0.25) is 0 Å². The van der Waals surface area contributed by atoms with Gasteiger partial charge in [-0.2, -0.15) is 0 Å². The van der Waals surface area contributed by atoms with Crippen LogP contribution < -0.4 is 14.8 Å². The molecular formula is C14H16N2O3S. The third kappa shape index (κ3) is 3.33. The molecule has 0 aliphatic carbocycles. The van der Waals surface area contributed by atoms with Crippen LogP contribution in [0.3, 0.4) is 0 Å². The summed E-state index contributed by atoms with van der Waals surface area (Å²) in [5.74, 6) is 1.14. The van der Waals surface area contributed by atoms with Crippen LogP contribution in [-0.2, 0) is 4.79 Å². The third-order valence-electron chi connectivity index (χ3n) is 2.55. The Morgan fingerprint density at radius 3 is 2.65 bits per heavy atom. The molecule has 106 valence electrons. The van der Waals surface area contributed by atoms with Crippen LogP contribution in [-0.4, -0.2) is 24.3 Å². The molecule has 0 aromatic heterocycles. The van der Waals surface area contributed by atoms with Crippen LogP contribution in [0.1, 0.15) is 19.4 Å². The monoisotopic (exact) mass is 292 g/mol. The lowest BCUT2D eigenvalue weighted by Gasteiger charge is -2.10. The number of ether oxygens (including phenoxy) is 2. The summed E-state index contributed by atoms with van der Waals surface area (Å²) in [4.78, 5) is 12.1. The lowest BCUT2D eigenvalue weighted by molar-refractivity contribution is -0.115. The van der Waals surface area contributed by atoms with Gasteiger partial charge in [-0.25, -0.2) is 0 Å². The maximum atomic E-state index is 11.6. The minimum atomic E-state index is -0.253. The van der Waals surface area contributed by atoms with Crippen molar-refractivity contribution in [2.24, 2.45) is 0 Å². The van der Waals surface area contributed by atoms with E-state index in [4.69, 9.17) is 14.9 Å². The van der Waals surface area contributed by atoms with Crippen molar-refractivity contribution in [2.75, 3.05) is 13.2 Å². The average molecular weight is 292 g/mol. The summed E-state index contributed by atoms with van der Waals surface area (Å²) in [6.07, 6.45) is 1.72. The van der Waals surface area contributed by atoms with Gasteiger partial charge >= 0.3 is 0 Å². The van der Waals surface area contributed by atoms with Gasteiger partial charge in [0.05, 0.1) is 18.1 Å². The first-order chi connectivity index (χ1) is 9.63. The summed E-state index contributed by atoms with van der Waals surface area (Å²) < 4.78 is 11.0. The number of carbonyl (C=O) groups excluding carboxylic acids is 1. The average Bonchev–Trinajstić information content (AvgIpc) is 2.71. The maximum Gasteiger partial charge on any atom is 0.264 e. The highest BCUT2D eigenvalue weighted by atomic mass is 32.2. The zero-order valence-corrected chi connectivity index (χ0v) is 12.2. The van der Waals surface area contributed by atoms with Gasteiger partial charge in [-0.15, -0.1) is 0 Å². The summed E-state index contributed by atoms with van der Waals surface area (Å²) in [5.41, 5.74) is 0.794. The van der Waals surface area contributed by atoms with Crippen molar-refractivity contribution in [1.82, 2.24) is 5.32 Å². The molecule has 1 aromatic rings. The molecule has 1 aliphatic rings. The van der Waals surface area contributed by atoms with Crippen LogP contribution >= 0.6 is 11.8 Å². The summed E-state index contributed by atoms with van der Waals surface area (Å²) in [6.45, 7) is 4.93. The molecule has 0 radical (unpaired) electrons. The molecule has 1 heterocycles. The van der Waals surface area contributed by atoms with Crippen molar-refractivity contribution < 1.29 is 14.3 Å². The van der Waals surface area contributed by atoms with E-state index < -0.39 is 0 Å². The third-order valence-corrected chi connectivity index (χ3v) is 3.37. The van der Waals surface area contributed by atoms with E-state index in [1.165, 1.54) is 0 Å². The van der Waals surface area contributed by atoms with Gasteiger partial charge in [-0.1, -0.05) is 0 Å². The Morgan fingerprint density at radius 2 is 2.05 bits per heavy atom. The molecule has 5 nitrogen and oxygen atoms in total. The smallest absolute Gasteiger partial charge is 0.264 e. The lowest BCUT2D eigenvalue weighted by atomic mass is 10.1. The molecule has 0 unspecified atom stereocenters. The second kappa shape index (κ2) is 6.47. The number of thioether (sulfide) groups is 1. The molecule has 1 aromatic carbocycles. The highest BCUT2D eigenvalue weighted by Gasteiger charge is 2.22. The molecule has 1 aliphatic heterocycles. The standard InChI is InChI=1S/C14H16N2O3S/c1-3-18-10-6-5-9(11(8-10)19-4-2)7-12-13(17)16-14(15)20-12/h5-8H,3-4H2,1-2H3,(H2,15,16,17). The Morgan fingerprint density at radius 1 is 1.30 bits per heavy atom. The van der Waals surface area contributed by atoms with E-state index in [9.17, 15) is 4.79 Å². The second-order valence-electron chi connectivity index (χ2n) is 3.96. The number of benzene rings is 1. The van der Waals surface area contributed by atoms with Crippen molar-refractivity contribution in [2.45, 2.75) is 13.8 Å². The van der Waals surface area contributed by atoms with Gasteiger partial charge in [-0.3, -0.25) is 10.2 Å². The molecule has 1 fully saturated rings. The number of hydrogen-bond acceptors (Lipinski definition) is 5. The Bertz CT molecular complexity index is 570. The Kier molecular flexibility index (Phi) is 4.68. The van der Waals surface area contributed by atoms with Crippen LogP contribution in [0.25, 0.3) is 6.08 Å². The Labute approximate surface area is 121 Å². The fraction of sp³-hybridized carbons (Fsp3) is 0.286. The normalized spacial score (nSPS) is 16.4. The van der Waals surface area contributed by atoms with E-state index >= 15 is 0 Å². The molecule has 6 heteroatoms. The molecule has 1 amide bonds. The quantitative estimate of drug-likeness (QED) is 0.818. The first-order valence-electron chi connectivity index (χ1n) is 6.33. The maximum absolute atomic E-state index is 11.6. The molecule has 1 saturated heterocycles. The number of amides is 1. The first-order valence-corrected chi connectivity index (χ1v) is 7.14. The molecule has 2 rings (SSSR count). The molecule has 0 saturated carbocycles. The number of nitrogens with one attached hydrogen (secondary N) is 2. The fourth-order valence-corrected chi connectivity index (χ4v) is 2.45. The molecular weight excluding hydrogens is 276 g/mol. The largest absolute Gasteiger partial charge is 0.494 e. The van der Waals surface area contributed by atoms with Crippen molar-refractivity contribution >= 4 is 28.9 Å². The van der Waals surface area contributed by atoms with Crippen molar-refractivity contribution in [3.63, 3.8) is 0 Å². The topological polar surface area (TPSA) is 71.4 Å². The van der Waals surface area contributed by atoms with E-state index in [2.05, 4.69) is 5.32 Å². The number of rotatable bonds is 5. The van der Waals surface area contributed by atoms with E-state index in [1.54, 1.807) is 6.08 Å². The van der Waals surface area contributed by atoms with Gasteiger partial charge in [0.1, 0.15) is 11.5 Å². The molecule has 0 spiro atoms. The predicted molar refractivity (Wildman–Crippen MR) is 80.2 cm³/mol. The predicted octanol–water partition coefficient (Wildman–Crippen LogP) is 2.62. The highest BCUT2D eigenvalue weighted by Crippen LogP contribution is 2.31. The van der Waals surface area contributed by atoms with Gasteiger partial charge in [0, 0.05) is 11.6 Å². The molecule has 0 atom stereocenters. The van der Waals surface area contributed by atoms with E-state index in [0.717, 1.165) is 23.1 Å². The number of hydrogen-bond donors (Lipinski definition) is 2. The van der Waals surface area contributed by atoms with Gasteiger partial charge in [0.25, 0.3) is 5.91 Å². The van der Waals surface area contributed by atoms with Crippen molar-refractivity contribution in [3.05, 3.63) is 28.7 Å². The van der Waals surface area contributed by atoms with Crippen LogP contribution in [0.4, 0.5) is 0 Å². The molecule has 0 bridgehead atoms. The summed E-state index contributed by atoms with van der Waals surface area (Å²) in [7, 11) is 0. The van der Waals surface area contributed by atoms with E-state index in [1.807, 2.05) is 32.0 Å².